The minimum Gasteiger partial charge on any atom is -0.299 e. The number of benzene rings is 1. The average Bonchev–Trinajstić information content (AvgIpc) is 3.11. The Morgan fingerprint density at radius 3 is 2.76 bits per heavy atom. The highest BCUT2D eigenvalue weighted by molar-refractivity contribution is 9.10. The van der Waals surface area contributed by atoms with Crippen LogP contribution in [-0.4, -0.2) is 46.9 Å². The van der Waals surface area contributed by atoms with Gasteiger partial charge in [-0.3, -0.25) is 19.9 Å². The summed E-state index contributed by atoms with van der Waals surface area (Å²) in [6.07, 6.45) is 3.87. The van der Waals surface area contributed by atoms with E-state index in [1.54, 1.807) is 12.1 Å². The van der Waals surface area contributed by atoms with Gasteiger partial charge >= 0.3 is 0 Å². The molecule has 1 aromatic carbocycles. The maximum absolute atomic E-state index is 11.0. The van der Waals surface area contributed by atoms with Crippen molar-refractivity contribution in [1.82, 2.24) is 9.80 Å². The Balaban J connectivity index is 1.65. The number of nitro benzene ring substituents is 1. The molecule has 2 aliphatic heterocycles. The lowest BCUT2D eigenvalue weighted by Gasteiger charge is -2.23. The highest BCUT2D eigenvalue weighted by Gasteiger charge is 2.29. The molecular weight excluding hydrogens is 334 g/mol. The predicted octanol–water partition coefficient (Wildman–Crippen LogP) is 3.03. The van der Waals surface area contributed by atoms with Crippen LogP contribution in [0.2, 0.25) is 0 Å². The maximum atomic E-state index is 11.0. The summed E-state index contributed by atoms with van der Waals surface area (Å²) in [5, 5.41) is 11.0. The molecule has 0 amide bonds. The van der Waals surface area contributed by atoms with E-state index in [0.29, 0.717) is 10.5 Å². The van der Waals surface area contributed by atoms with Gasteiger partial charge in [-0.25, -0.2) is 0 Å². The number of halogens is 1. The summed E-state index contributed by atoms with van der Waals surface area (Å²) in [6, 6.07) is 5.96. The van der Waals surface area contributed by atoms with Gasteiger partial charge in [-0.05, 0) is 53.8 Å². The zero-order valence-electron chi connectivity index (χ0n) is 12.0. The first-order valence-electron chi connectivity index (χ1n) is 7.53. The quantitative estimate of drug-likeness (QED) is 0.616. The van der Waals surface area contributed by atoms with Crippen molar-refractivity contribution in [3.8, 4) is 0 Å². The fraction of sp³-hybridized carbons (Fsp3) is 0.600. The van der Waals surface area contributed by atoms with Crippen LogP contribution in [0, 0.1) is 10.1 Å². The molecule has 0 bridgehead atoms. The maximum Gasteiger partial charge on any atom is 0.283 e. The van der Waals surface area contributed by atoms with E-state index >= 15 is 0 Å². The molecule has 2 fully saturated rings. The van der Waals surface area contributed by atoms with Crippen LogP contribution in [-0.2, 0) is 6.54 Å². The summed E-state index contributed by atoms with van der Waals surface area (Å²) >= 11 is 3.39. The SMILES string of the molecule is O=[N+]([O-])c1cccc(CN2CCC(N3CCCC3)C2)c1Br. The van der Waals surface area contributed by atoms with Crippen molar-refractivity contribution in [3.05, 3.63) is 38.3 Å². The molecule has 0 aliphatic carbocycles. The third kappa shape index (κ3) is 3.27. The lowest BCUT2D eigenvalue weighted by molar-refractivity contribution is -0.385. The van der Waals surface area contributed by atoms with E-state index in [-0.39, 0.29) is 10.6 Å². The van der Waals surface area contributed by atoms with E-state index in [4.69, 9.17) is 0 Å². The van der Waals surface area contributed by atoms with E-state index in [1.807, 2.05) is 6.07 Å². The van der Waals surface area contributed by atoms with Gasteiger partial charge in [-0.15, -0.1) is 0 Å². The van der Waals surface area contributed by atoms with Crippen molar-refractivity contribution in [1.29, 1.82) is 0 Å². The Morgan fingerprint density at radius 1 is 1.29 bits per heavy atom. The van der Waals surface area contributed by atoms with Gasteiger partial charge < -0.3 is 0 Å². The second-order valence-corrected chi connectivity index (χ2v) is 6.72. The van der Waals surface area contributed by atoms with Crippen LogP contribution in [0.5, 0.6) is 0 Å². The summed E-state index contributed by atoms with van der Waals surface area (Å²) < 4.78 is 0.625. The van der Waals surface area contributed by atoms with Gasteiger partial charge in [-0.2, -0.15) is 0 Å². The molecule has 0 saturated carbocycles. The molecule has 2 saturated heterocycles. The van der Waals surface area contributed by atoms with Crippen molar-refractivity contribution in [3.63, 3.8) is 0 Å². The van der Waals surface area contributed by atoms with Crippen LogP contribution in [0.15, 0.2) is 22.7 Å². The largest absolute Gasteiger partial charge is 0.299 e. The van der Waals surface area contributed by atoms with E-state index in [1.165, 1.54) is 32.4 Å². The average molecular weight is 354 g/mol. The first-order chi connectivity index (χ1) is 10.1. The van der Waals surface area contributed by atoms with Gasteiger partial charge in [0, 0.05) is 31.7 Å². The Labute approximate surface area is 133 Å². The molecule has 114 valence electrons. The first-order valence-corrected chi connectivity index (χ1v) is 8.32. The van der Waals surface area contributed by atoms with E-state index < -0.39 is 0 Å². The second-order valence-electron chi connectivity index (χ2n) is 5.93. The van der Waals surface area contributed by atoms with E-state index in [0.717, 1.165) is 25.2 Å². The number of nitro groups is 1. The molecular formula is C15H20BrN3O2. The lowest BCUT2D eigenvalue weighted by atomic mass is 10.2. The molecule has 0 aromatic heterocycles. The summed E-state index contributed by atoms with van der Waals surface area (Å²) in [7, 11) is 0. The summed E-state index contributed by atoms with van der Waals surface area (Å²) in [6.45, 7) is 5.41. The monoisotopic (exact) mass is 353 g/mol. The highest BCUT2D eigenvalue weighted by Crippen LogP contribution is 2.30. The van der Waals surface area contributed by atoms with Gasteiger partial charge in [0.15, 0.2) is 0 Å². The molecule has 3 rings (SSSR count). The minimum absolute atomic E-state index is 0.155. The summed E-state index contributed by atoms with van der Waals surface area (Å²) in [5.41, 5.74) is 1.16. The van der Waals surface area contributed by atoms with Crippen molar-refractivity contribution in [2.75, 3.05) is 26.2 Å². The van der Waals surface area contributed by atoms with Gasteiger partial charge in [0.05, 0.1) is 9.40 Å². The fourth-order valence-corrected chi connectivity index (χ4v) is 3.97. The standard InChI is InChI=1S/C15H20BrN3O2/c16-15-12(4-3-5-14(15)19(20)21)10-17-9-6-13(11-17)18-7-1-2-8-18/h3-5,13H,1-2,6-11H2. The smallest absolute Gasteiger partial charge is 0.283 e. The summed E-state index contributed by atoms with van der Waals surface area (Å²) in [4.78, 5) is 15.7. The second kappa shape index (κ2) is 6.42. The minimum atomic E-state index is -0.329. The molecule has 21 heavy (non-hydrogen) atoms. The number of likely N-dealkylation sites (tertiary alicyclic amines) is 2. The summed E-state index contributed by atoms with van der Waals surface area (Å²) in [5.74, 6) is 0. The molecule has 5 nitrogen and oxygen atoms in total. The van der Waals surface area contributed by atoms with E-state index in [2.05, 4.69) is 25.7 Å². The van der Waals surface area contributed by atoms with E-state index in [9.17, 15) is 10.1 Å². The third-order valence-electron chi connectivity index (χ3n) is 4.55. The molecule has 0 spiro atoms. The first kappa shape index (κ1) is 14.9. The van der Waals surface area contributed by atoms with Crippen LogP contribution in [0.1, 0.15) is 24.8 Å². The van der Waals surface area contributed by atoms with Crippen molar-refractivity contribution in [2.45, 2.75) is 31.8 Å². The van der Waals surface area contributed by atoms with Crippen LogP contribution in [0.25, 0.3) is 0 Å². The Morgan fingerprint density at radius 2 is 2.05 bits per heavy atom. The Bertz CT molecular complexity index is 532. The number of nitrogens with zero attached hydrogens (tertiary/aromatic N) is 3. The predicted molar refractivity (Wildman–Crippen MR) is 85.3 cm³/mol. The molecule has 1 aromatic rings. The van der Waals surface area contributed by atoms with Crippen LogP contribution >= 0.6 is 15.9 Å². The Hall–Kier alpha value is -0.980. The molecule has 2 heterocycles. The van der Waals surface area contributed by atoms with Gasteiger partial charge in [0.25, 0.3) is 5.69 Å². The van der Waals surface area contributed by atoms with Crippen LogP contribution in [0.3, 0.4) is 0 Å². The lowest BCUT2D eigenvalue weighted by Crippen LogP contribution is -2.35. The highest BCUT2D eigenvalue weighted by atomic mass is 79.9. The zero-order valence-corrected chi connectivity index (χ0v) is 13.6. The number of hydrogen-bond donors (Lipinski definition) is 0. The van der Waals surface area contributed by atoms with Crippen LogP contribution in [0.4, 0.5) is 5.69 Å². The van der Waals surface area contributed by atoms with Crippen molar-refractivity contribution >= 4 is 21.6 Å². The van der Waals surface area contributed by atoms with Gasteiger partial charge in [-0.1, -0.05) is 12.1 Å². The third-order valence-corrected chi connectivity index (χ3v) is 5.47. The molecule has 1 unspecified atom stereocenters. The molecule has 0 N–H and O–H groups in total. The van der Waals surface area contributed by atoms with Crippen LogP contribution < -0.4 is 0 Å². The van der Waals surface area contributed by atoms with Crippen molar-refractivity contribution in [2.24, 2.45) is 0 Å². The zero-order chi connectivity index (χ0) is 14.8. The molecule has 6 heteroatoms. The topological polar surface area (TPSA) is 49.6 Å². The van der Waals surface area contributed by atoms with Gasteiger partial charge in [0.2, 0.25) is 0 Å². The molecule has 2 aliphatic rings. The normalized spacial score (nSPS) is 23.8. The molecule has 1 atom stereocenters. The van der Waals surface area contributed by atoms with Crippen molar-refractivity contribution < 1.29 is 4.92 Å². The molecule has 0 radical (unpaired) electrons. The number of rotatable bonds is 4. The van der Waals surface area contributed by atoms with Gasteiger partial charge in [0.1, 0.15) is 0 Å². The Kier molecular flexibility index (Phi) is 4.57. The fourth-order valence-electron chi connectivity index (χ4n) is 3.43. The number of hydrogen-bond acceptors (Lipinski definition) is 4.